The van der Waals surface area contributed by atoms with Gasteiger partial charge in [-0.05, 0) is 18.4 Å². The van der Waals surface area contributed by atoms with E-state index in [1.807, 2.05) is 0 Å². The average Bonchev–Trinajstić information content (AvgIpc) is 3.42. The first-order valence-electron chi connectivity index (χ1n) is 19.1. The first-order chi connectivity index (χ1) is 20.9. The smallest absolute Gasteiger partial charge is 0.127 e. The molecule has 0 fully saturated rings. The Hall–Kier alpha value is -1.44. The van der Waals surface area contributed by atoms with Gasteiger partial charge in [0, 0.05) is 25.5 Å². The molecular weight excluding hydrogens is 508 g/mol. The minimum Gasteiger partial charge on any atom is -0.352 e. The Balaban J connectivity index is 1.50. The van der Waals surface area contributed by atoms with Crippen LogP contribution in [0.3, 0.4) is 0 Å². The van der Waals surface area contributed by atoms with E-state index in [4.69, 9.17) is 0 Å². The van der Waals surface area contributed by atoms with Gasteiger partial charge >= 0.3 is 0 Å². The maximum absolute atomic E-state index is 2.61. The molecule has 242 valence electrons. The molecule has 0 N–H and O–H groups in total. The van der Waals surface area contributed by atoms with E-state index >= 15 is 0 Å². The topological polar surface area (TPSA) is 6.48 Å². The predicted octanol–water partition coefficient (Wildman–Crippen LogP) is 13.3. The number of benzene rings is 1. The Morgan fingerprint density at radius 2 is 0.667 bits per heavy atom. The Kier molecular flexibility index (Phi) is 23.7. The second-order valence-electron chi connectivity index (χ2n) is 13.4. The van der Waals surface area contributed by atoms with Crippen molar-refractivity contribution in [3.05, 3.63) is 48.3 Å². The van der Waals surface area contributed by atoms with Crippen LogP contribution < -0.4 is 0 Å². The van der Waals surface area contributed by atoms with Crippen molar-refractivity contribution in [2.24, 2.45) is 0 Å². The molecule has 0 spiro atoms. The van der Waals surface area contributed by atoms with Crippen LogP contribution in [0.25, 0.3) is 0 Å². The van der Waals surface area contributed by atoms with Crippen LogP contribution in [-0.2, 0) is 0 Å². The van der Waals surface area contributed by atoms with E-state index in [0.717, 1.165) is 0 Å². The molecule has 2 nitrogen and oxygen atoms in total. The molecule has 0 bridgehead atoms. The second-order valence-corrected chi connectivity index (χ2v) is 13.4. The van der Waals surface area contributed by atoms with Crippen LogP contribution in [0.4, 0.5) is 0 Å². The Bertz CT molecular complexity index is 714. The zero-order valence-corrected chi connectivity index (χ0v) is 28.5. The molecule has 0 saturated heterocycles. The monoisotopic (exact) mass is 581 g/mol. The number of nitrogens with zero attached hydrogens (tertiary/aromatic N) is 2. The van der Waals surface area contributed by atoms with Crippen molar-refractivity contribution in [2.75, 3.05) is 13.1 Å². The number of hydrogen-bond donors (Lipinski definition) is 0. The lowest BCUT2D eigenvalue weighted by atomic mass is 10.0. The lowest BCUT2D eigenvalue weighted by molar-refractivity contribution is 0.149. The van der Waals surface area contributed by atoms with E-state index in [0.29, 0.717) is 6.17 Å². The highest BCUT2D eigenvalue weighted by molar-refractivity contribution is 5.21. The van der Waals surface area contributed by atoms with Crippen LogP contribution in [0.5, 0.6) is 0 Å². The largest absolute Gasteiger partial charge is 0.352 e. The summed E-state index contributed by atoms with van der Waals surface area (Å²) in [5, 5.41) is 0. The van der Waals surface area contributed by atoms with Gasteiger partial charge in [-0.25, -0.2) is 0 Å². The average molecular weight is 581 g/mol. The quantitative estimate of drug-likeness (QED) is 0.0835. The Labute approximate surface area is 264 Å². The van der Waals surface area contributed by atoms with Crippen molar-refractivity contribution < 1.29 is 0 Å². The van der Waals surface area contributed by atoms with Gasteiger partial charge in [0.1, 0.15) is 6.17 Å². The molecule has 1 aromatic carbocycles. The van der Waals surface area contributed by atoms with Crippen molar-refractivity contribution in [1.82, 2.24) is 9.80 Å². The highest BCUT2D eigenvalue weighted by Gasteiger charge is 2.26. The summed E-state index contributed by atoms with van der Waals surface area (Å²) >= 11 is 0. The summed E-state index contributed by atoms with van der Waals surface area (Å²) in [5.74, 6) is 0. The van der Waals surface area contributed by atoms with Gasteiger partial charge in [0.25, 0.3) is 0 Å². The normalized spacial score (nSPS) is 14.9. The lowest BCUT2D eigenvalue weighted by Crippen LogP contribution is -2.32. The van der Waals surface area contributed by atoms with E-state index in [-0.39, 0.29) is 0 Å². The van der Waals surface area contributed by atoms with E-state index in [1.54, 1.807) is 0 Å². The van der Waals surface area contributed by atoms with Crippen LogP contribution in [-0.4, -0.2) is 22.9 Å². The highest BCUT2D eigenvalue weighted by atomic mass is 15.4. The van der Waals surface area contributed by atoms with Gasteiger partial charge in [0.2, 0.25) is 0 Å². The van der Waals surface area contributed by atoms with Gasteiger partial charge in [-0.3, -0.25) is 0 Å². The first-order valence-corrected chi connectivity index (χ1v) is 19.1. The fourth-order valence-electron chi connectivity index (χ4n) is 6.73. The molecule has 0 amide bonds. The summed E-state index contributed by atoms with van der Waals surface area (Å²) in [6, 6.07) is 11.2. The zero-order valence-electron chi connectivity index (χ0n) is 28.5. The van der Waals surface area contributed by atoms with Gasteiger partial charge in [0.15, 0.2) is 0 Å². The Morgan fingerprint density at radius 1 is 0.381 bits per heavy atom. The molecule has 42 heavy (non-hydrogen) atoms. The molecule has 2 heteroatoms. The van der Waals surface area contributed by atoms with Crippen LogP contribution >= 0.6 is 0 Å². The number of unbranched alkanes of at least 4 members (excludes halogenated alkanes) is 25. The zero-order chi connectivity index (χ0) is 29.8. The number of hydrogen-bond acceptors (Lipinski definition) is 2. The molecule has 0 aliphatic carbocycles. The fourth-order valence-corrected chi connectivity index (χ4v) is 6.73. The van der Waals surface area contributed by atoms with Crippen molar-refractivity contribution in [1.29, 1.82) is 0 Å². The van der Waals surface area contributed by atoms with Crippen molar-refractivity contribution in [2.45, 2.75) is 193 Å². The van der Waals surface area contributed by atoms with Crippen LogP contribution in [0.15, 0.2) is 42.7 Å². The van der Waals surface area contributed by atoms with Crippen LogP contribution in [0.2, 0.25) is 0 Å². The standard InChI is InChI=1S/C40H72N2/c1-3-5-7-9-11-13-15-16-17-18-19-21-23-25-27-32-36-42-38-37-41(40(42)39-33-29-28-30-34-39)35-31-26-24-22-20-14-12-10-8-6-4-2/h28-30,33-34,37-38,40H,3-27,31-32,35-36H2,1-2H3. The van der Waals surface area contributed by atoms with Gasteiger partial charge in [0.05, 0.1) is 0 Å². The third-order valence-electron chi connectivity index (χ3n) is 9.47. The summed E-state index contributed by atoms with van der Waals surface area (Å²) < 4.78 is 0. The summed E-state index contributed by atoms with van der Waals surface area (Å²) in [4.78, 5) is 5.22. The summed E-state index contributed by atoms with van der Waals surface area (Å²) in [6.07, 6.45) is 43.6. The minimum atomic E-state index is 0.394. The molecule has 0 aromatic heterocycles. The molecule has 0 radical (unpaired) electrons. The molecular formula is C40H72N2. The van der Waals surface area contributed by atoms with E-state index < -0.39 is 0 Å². The van der Waals surface area contributed by atoms with E-state index in [1.165, 1.54) is 192 Å². The third-order valence-corrected chi connectivity index (χ3v) is 9.47. The third kappa shape index (κ3) is 18.3. The summed E-state index contributed by atoms with van der Waals surface area (Å²) in [7, 11) is 0. The second kappa shape index (κ2) is 27.1. The highest BCUT2D eigenvalue weighted by Crippen LogP contribution is 2.31. The van der Waals surface area contributed by atoms with Crippen molar-refractivity contribution in [3.63, 3.8) is 0 Å². The predicted molar refractivity (Wildman–Crippen MR) is 188 cm³/mol. The molecule has 1 aromatic rings. The SMILES string of the molecule is CCCCCCCCCCCCCCCCCCN1C=CN(CCCCCCCCCCCCC)C1c1ccccc1. The van der Waals surface area contributed by atoms with Crippen LogP contribution in [0.1, 0.15) is 199 Å². The van der Waals surface area contributed by atoms with Gasteiger partial charge < -0.3 is 9.80 Å². The molecule has 1 heterocycles. The van der Waals surface area contributed by atoms with E-state index in [2.05, 4.69) is 66.4 Å². The lowest BCUT2D eigenvalue weighted by Gasteiger charge is -2.33. The fraction of sp³-hybridized carbons (Fsp3) is 0.800. The first kappa shape index (κ1) is 36.8. The molecule has 0 saturated carbocycles. The molecule has 1 aliphatic heterocycles. The number of rotatable bonds is 30. The summed E-state index contributed by atoms with van der Waals surface area (Å²) in [6.45, 7) is 6.98. The van der Waals surface area contributed by atoms with E-state index in [9.17, 15) is 0 Å². The molecule has 2 rings (SSSR count). The summed E-state index contributed by atoms with van der Waals surface area (Å²) in [5.41, 5.74) is 1.45. The van der Waals surface area contributed by atoms with Gasteiger partial charge in [-0.2, -0.15) is 0 Å². The minimum absolute atomic E-state index is 0.394. The molecule has 1 atom stereocenters. The van der Waals surface area contributed by atoms with Gasteiger partial charge in [-0.1, -0.05) is 205 Å². The Morgan fingerprint density at radius 3 is 0.976 bits per heavy atom. The van der Waals surface area contributed by atoms with Gasteiger partial charge in [-0.15, -0.1) is 0 Å². The maximum atomic E-state index is 2.61. The molecule has 1 unspecified atom stereocenters. The maximum Gasteiger partial charge on any atom is 0.127 e. The van der Waals surface area contributed by atoms with Crippen molar-refractivity contribution >= 4 is 0 Å². The molecule has 1 aliphatic rings. The van der Waals surface area contributed by atoms with Crippen LogP contribution in [0, 0.1) is 0 Å². The van der Waals surface area contributed by atoms with Crippen molar-refractivity contribution in [3.8, 4) is 0 Å².